The predicted octanol–water partition coefficient (Wildman–Crippen LogP) is 5.42. The second-order valence-corrected chi connectivity index (χ2v) is 6.55. The molecule has 0 aliphatic rings. The van der Waals surface area contributed by atoms with E-state index in [1.54, 1.807) is 11.3 Å². The van der Waals surface area contributed by atoms with Crippen LogP contribution in [0.4, 0.5) is 11.5 Å². The lowest BCUT2D eigenvalue weighted by molar-refractivity contribution is 1.18. The Bertz CT molecular complexity index is 947. The topological polar surface area (TPSA) is 29.3 Å². The minimum atomic E-state index is 0.949. The zero-order valence-corrected chi connectivity index (χ0v) is 13.9. The van der Waals surface area contributed by atoms with Crippen molar-refractivity contribution in [3.63, 3.8) is 0 Å². The van der Waals surface area contributed by atoms with Crippen molar-refractivity contribution in [1.29, 1.82) is 0 Å². The Kier molecular flexibility index (Phi) is 3.39. The van der Waals surface area contributed by atoms with E-state index in [4.69, 9.17) is 4.98 Å². The molecule has 0 aliphatic heterocycles. The highest BCUT2D eigenvalue weighted by atomic mass is 32.1. The van der Waals surface area contributed by atoms with E-state index in [1.807, 2.05) is 18.2 Å². The first-order valence-corrected chi connectivity index (χ1v) is 8.46. The lowest BCUT2D eigenvalue weighted by Crippen LogP contribution is -2.00. The predicted molar refractivity (Wildman–Crippen MR) is 97.7 cm³/mol. The van der Waals surface area contributed by atoms with E-state index in [-0.39, 0.29) is 0 Å². The Balaban J connectivity index is 1.93. The molecule has 4 heteroatoms. The molecular formula is C19H17N3S. The maximum atomic E-state index is 4.82. The molecule has 114 valence electrons. The Labute approximate surface area is 139 Å². The molecule has 4 rings (SSSR count). The van der Waals surface area contributed by atoms with Crippen LogP contribution in [0.15, 0.2) is 60.1 Å². The Morgan fingerprint density at radius 2 is 1.78 bits per heavy atom. The monoisotopic (exact) mass is 319 g/mol. The molecule has 4 aromatic rings. The van der Waals surface area contributed by atoms with E-state index in [0.29, 0.717) is 0 Å². The van der Waals surface area contributed by atoms with E-state index in [9.17, 15) is 0 Å². The number of rotatable bonds is 3. The number of aryl methyl sites for hydroxylation is 2. The van der Waals surface area contributed by atoms with Crippen molar-refractivity contribution in [2.75, 3.05) is 5.32 Å². The van der Waals surface area contributed by atoms with Gasteiger partial charge in [-0.1, -0.05) is 30.3 Å². The van der Waals surface area contributed by atoms with Gasteiger partial charge < -0.3 is 5.32 Å². The molecule has 1 N–H and O–H groups in total. The van der Waals surface area contributed by atoms with Crippen LogP contribution in [0.25, 0.3) is 16.2 Å². The summed E-state index contributed by atoms with van der Waals surface area (Å²) in [6.07, 6.45) is 2.05. The molecule has 1 aromatic carbocycles. The number of pyridine rings is 1. The number of nitrogens with zero attached hydrogens (tertiary/aromatic N) is 2. The summed E-state index contributed by atoms with van der Waals surface area (Å²) < 4.78 is 2.11. The number of para-hydroxylation sites is 1. The summed E-state index contributed by atoms with van der Waals surface area (Å²) in [4.78, 5) is 5.99. The molecule has 0 aliphatic carbocycles. The van der Waals surface area contributed by atoms with E-state index in [2.05, 4.69) is 65.5 Å². The molecule has 3 heterocycles. The summed E-state index contributed by atoms with van der Waals surface area (Å²) in [6.45, 7) is 4.26. The average Bonchev–Trinajstić information content (AvgIpc) is 3.19. The number of anilines is 2. The van der Waals surface area contributed by atoms with Crippen molar-refractivity contribution in [2.24, 2.45) is 0 Å². The molecule has 3 nitrogen and oxygen atoms in total. The second-order valence-electron chi connectivity index (χ2n) is 5.61. The van der Waals surface area contributed by atoms with Crippen LogP contribution >= 0.6 is 11.3 Å². The maximum absolute atomic E-state index is 4.82. The fourth-order valence-corrected chi connectivity index (χ4v) is 3.55. The van der Waals surface area contributed by atoms with Gasteiger partial charge in [0.05, 0.1) is 4.88 Å². The second kappa shape index (κ2) is 5.56. The van der Waals surface area contributed by atoms with Crippen molar-refractivity contribution in [3.05, 3.63) is 71.2 Å². The number of imidazole rings is 1. The standard InChI is InChI=1S/C19H17N3S/c1-13-7-5-8-14(2)17(13)21-19-18(15-9-6-12-23-15)20-16-10-3-4-11-22(16)19/h3-12,21H,1-2H3. The number of aromatic nitrogens is 2. The average molecular weight is 319 g/mol. The molecule has 0 bridgehead atoms. The molecule has 23 heavy (non-hydrogen) atoms. The first-order valence-electron chi connectivity index (χ1n) is 7.58. The van der Waals surface area contributed by atoms with Gasteiger partial charge in [0.1, 0.15) is 17.2 Å². The highest BCUT2D eigenvalue weighted by Crippen LogP contribution is 2.35. The van der Waals surface area contributed by atoms with E-state index < -0.39 is 0 Å². The minimum Gasteiger partial charge on any atom is -0.339 e. The fourth-order valence-electron chi connectivity index (χ4n) is 2.83. The van der Waals surface area contributed by atoms with Crippen LogP contribution in [0.2, 0.25) is 0 Å². The van der Waals surface area contributed by atoms with Crippen LogP contribution in [-0.2, 0) is 0 Å². The van der Waals surface area contributed by atoms with Gasteiger partial charge in [-0.15, -0.1) is 11.3 Å². The number of hydrogen-bond donors (Lipinski definition) is 1. The number of thiophene rings is 1. The zero-order chi connectivity index (χ0) is 15.8. The van der Waals surface area contributed by atoms with Crippen LogP contribution in [0, 0.1) is 13.8 Å². The molecule has 0 fully saturated rings. The van der Waals surface area contributed by atoms with Gasteiger partial charge >= 0.3 is 0 Å². The largest absolute Gasteiger partial charge is 0.339 e. The molecule has 0 unspecified atom stereocenters. The highest BCUT2D eigenvalue weighted by Gasteiger charge is 2.16. The molecule has 0 amide bonds. The van der Waals surface area contributed by atoms with Gasteiger partial charge in [0.25, 0.3) is 0 Å². The van der Waals surface area contributed by atoms with E-state index >= 15 is 0 Å². The summed E-state index contributed by atoms with van der Waals surface area (Å²) >= 11 is 1.71. The maximum Gasteiger partial charge on any atom is 0.144 e. The molecule has 3 aromatic heterocycles. The third kappa shape index (κ3) is 2.41. The summed E-state index contributed by atoms with van der Waals surface area (Å²) in [5.74, 6) is 1.01. The molecule has 0 saturated heterocycles. The third-order valence-electron chi connectivity index (χ3n) is 4.01. The normalized spacial score (nSPS) is 11.0. The first kappa shape index (κ1) is 14.0. The minimum absolute atomic E-state index is 0.949. The van der Waals surface area contributed by atoms with E-state index in [0.717, 1.165) is 22.8 Å². The van der Waals surface area contributed by atoms with Crippen LogP contribution in [-0.4, -0.2) is 9.38 Å². The Hall–Kier alpha value is -2.59. The molecule has 0 atom stereocenters. The molecular weight excluding hydrogens is 302 g/mol. The zero-order valence-electron chi connectivity index (χ0n) is 13.1. The molecule has 0 spiro atoms. The van der Waals surface area contributed by atoms with Gasteiger partial charge in [0, 0.05) is 11.9 Å². The fraction of sp³-hybridized carbons (Fsp3) is 0.105. The summed E-state index contributed by atoms with van der Waals surface area (Å²) in [5, 5.41) is 5.71. The molecule has 0 saturated carbocycles. The van der Waals surface area contributed by atoms with Crippen LogP contribution in [0.1, 0.15) is 11.1 Å². The van der Waals surface area contributed by atoms with Gasteiger partial charge in [-0.2, -0.15) is 0 Å². The van der Waals surface area contributed by atoms with Gasteiger partial charge in [-0.3, -0.25) is 4.40 Å². The Morgan fingerprint density at radius 3 is 2.52 bits per heavy atom. The van der Waals surface area contributed by atoms with Crippen LogP contribution in [0.5, 0.6) is 0 Å². The number of nitrogens with one attached hydrogen (secondary N) is 1. The lowest BCUT2D eigenvalue weighted by Gasteiger charge is -2.13. The third-order valence-corrected chi connectivity index (χ3v) is 4.89. The summed E-state index contributed by atoms with van der Waals surface area (Å²) in [6, 6.07) is 16.6. The van der Waals surface area contributed by atoms with Gasteiger partial charge in [-0.25, -0.2) is 4.98 Å². The van der Waals surface area contributed by atoms with Crippen LogP contribution < -0.4 is 5.32 Å². The number of hydrogen-bond acceptors (Lipinski definition) is 3. The van der Waals surface area contributed by atoms with Crippen molar-refractivity contribution in [1.82, 2.24) is 9.38 Å². The quantitative estimate of drug-likeness (QED) is 0.546. The number of benzene rings is 1. The molecule has 0 radical (unpaired) electrons. The lowest BCUT2D eigenvalue weighted by atomic mass is 10.1. The van der Waals surface area contributed by atoms with Crippen molar-refractivity contribution in [2.45, 2.75) is 13.8 Å². The Morgan fingerprint density at radius 1 is 0.957 bits per heavy atom. The van der Waals surface area contributed by atoms with Gasteiger partial charge in [0.15, 0.2) is 0 Å². The van der Waals surface area contributed by atoms with Gasteiger partial charge in [0.2, 0.25) is 0 Å². The SMILES string of the molecule is Cc1cccc(C)c1Nc1c(-c2cccs2)nc2ccccn12. The smallest absolute Gasteiger partial charge is 0.144 e. The van der Waals surface area contributed by atoms with Crippen molar-refractivity contribution >= 4 is 28.5 Å². The van der Waals surface area contributed by atoms with Crippen LogP contribution in [0.3, 0.4) is 0 Å². The van der Waals surface area contributed by atoms with Crippen molar-refractivity contribution in [3.8, 4) is 10.6 Å². The first-order chi connectivity index (χ1) is 11.2. The summed E-state index contributed by atoms with van der Waals surface area (Å²) in [7, 11) is 0. The summed E-state index contributed by atoms with van der Waals surface area (Å²) in [5.41, 5.74) is 5.55. The number of fused-ring (bicyclic) bond motifs is 1. The highest BCUT2D eigenvalue weighted by molar-refractivity contribution is 7.13. The van der Waals surface area contributed by atoms with E-state index in [1.165, 1.54) is 16.0 Å². The van der Waals surface area contributed by atoms with Crippen molar-refractivity contribution < 1.29 is 0 Å². The van der Waals surface area contributed by atoms with Gasteiger partial charge in [-0.05, 0) is 48.6 Å².